The number of aromatic nitrogens is 2. The third kappa shape index (κ3) is 9.46. The standard InChI is InChI=1S/C23H26F5N5O2S2.C2H6/c1-12(2)36-20(17-7-8-30-22(32-17)31-15-9-23(27,28)11-29-10-15)14(4)35-18-6-5-16(19(24)13(18)3)33-37(34)21(25)26;1-2/h5-8,15,21,29,33H,1,9-11H2,2-4H3,(H,30,31,32);1-2H3/b20-14+;. The van der Waals surface area contributed by atoms with Gasteiger partial charge in [-0.1, -0.05) is 32.2 Å². The molecule has 0 saturated carbocycles. The quantitative estimate of drug-likeness (QED) is 0.209. The first-order valence-electron chi connectivity index (χ1n) is 12.0. The number of hydrogen-bond acceptors (Lipinski definition) is 7. The average Bonchev–Trinajstić information content (AvgIpc) is 2.87. The number of halogens is 5. The van der Waals surface area contributed by atoms with Crippen molar-refractivity contribution in [2.24, 2.45) is 0 Å². The first kappa shape index (κ1) is 32.5. The van der Waals surface area contributed by atoms with Gasteiger partial charge in [0.1, 0.15) is 11.5 Å². The Morgan fingerprint density at radius 1 is 1.28 bits per heavy atom. The van der Waals surface area contributed by atoms with Gasteiger partial charge in [0.25, 0.3) is 5.92 Å². The van der Waals surface area contributed by atoms with E-state index in [4.69, 9.17) is 4.74 Å². The lowest BCUT2D eigenvalue weighted by molar-refractivity contribution is -0.0244. The summed E-state index contributed by atoms with van der Waals surface area (Å²) in [4.78, 5) is 9.80. The summed E-state index contributed by atoms with van der Waals surface area (Å²) in [5, 5.41) is 5.61. The van der Waals surface area contributed by atoms with Crippen molar-refractivity contribution in [3.8, 4) is 5.75 Å². The maximum absolute atomic E-state index is 14.8. The first-order valence-corrected chi connectivity index (χ1v) is 14.0. The molecule has 0 radical (unpaired) electrons. The lowest BCUT2D eigenvalue weighted by Crippen LogP contribution is -2.49. The van der Waals surface area contributed by atoms with E-state index in [2.05, 4.69) is 27.2 Å². The number of alkyl halides is 4. The summed E-state index contributed by atoms with van der Waals surface area (Å²) in [7, 11) is -2.76. The molecule has 2 aromatic rings. The van der Waals surface area contributed by atoms with Crippen molar-refractivity contribution in [3.63, 3.8) is 0 Å². The monoisotopic (exact) mass is 593 g/mol. The van der Waals surface area contributed by atoms with Gasteiger partial charge in [0, 0.05) is 30.8 Å². The molecule has 1 saturated heterocycles. The summed E-state index contributed by atoms with van der Waals surface area (Å²) < 4.78 is 86.6. The van der Waals surface area contributed by atoms with Crippen LogP contribution < -0.4 is 20.1 Å². The molecule has 1 aromatic heterocycles. The fourth-order valence-corrected chi connectivity index (χ4v) is 4.69. The van der Waals surface area contributed by atoms with Gasteiger partial charge in [-0.05, 0) is 43.9 Å². The second-order valence-electron chi connectivity index (χ2n) is 8.30. The van der Waals surface area contributed by atoms with Gasteiger partial charge in [-0.15, -0.1) is 0 Å². The largest absolute Gasteiger partial charge is 0.460 e. The van der Waals surface area contributed by atoms with Crippen LogP contribution >= 0.6 is 11.8 Å². The summed E-state index contributed by atoms with van der Waals surface area (Å²) in [5.74, 6) is -6.33. The van der Waals surface area contributed by atoms with E-state index in [-0.39, 0.29) is 35.9 Å². The van der Waals surface area contributed by atoms with E-state index in [0.29, 0.717) is 27.8 Å². The zero-order chi connectivity index (χ0) is 29.3. The molecule has 0 amide bonds. The van der Waals surface area contributed by atoms with Crippen molar-refractivity contribution in [2.45, 2.75) is 58.8 Å². The van der Waals surface area contributed by atoms with E-state index >= 15 is 0 Å². The van der Waals surface area contributed by atoms with Gasteiger partial charge >= 0.3 is 5.76 Å². The Kier molecular flexibility index (Phi) is 12.2. The molecule has 216 valence electrons. The molecule has 3 rings (SSSR count). The number of anilines is 2. The number of ether oxygens (including phenoxy) is 1. The van der Waals surface area contributed by atoms with Crippen molar-refractivity contribution < 1.29 is 30.9 Å². The van der Waals surface area contributed by atoms with Crippen molar-refractivity contribution in [1.82, 2.24) is 15.3 Å². The van der Waals surface area contributed by atoms with E-state index in [1.165, 1.54) is 30.9 Å². The van der Waals surface area contributed by atoms with Crippen molar-refractivity contribution in [1.29, 1.82) is 0 Å². The molecule has 0 aliphatic carbocycles. The minimum absolute atomic E-state index is 0.00561. The highest BCUT2D eigenvalue weighted by molar-refractivity contribution is 8.11. The third-order valence-corrected chi connectivity index (χ3v) is 6.90. The van der Waals surface area contributed by atoms with Crippen LogP contribution in [0.15, 0.2) is 41.6 Å². The Morgan fingerprint density at radius 3 is 2.59 bits per heavy atom. The number of allylic oxidation sites excluding steroid dienone is 2. The minimum Gasteiger partial charge on any atom is -0.460 e. The predicted octanol–water partition coefficient (Wildman–Crippen LogP) is 6.69. The van der Waals surface area contributed by atoms with Crippen LogP contribution in [0, 0.1) is 12.7 Å². The van der Waals surface area contributed by atoms with Crippen molar-refractivity contribution in [3.05, 3.63) is 58.7 Å². The smallest absolute Gasteiger partial charge is 0.330 e. The van der Waals surface area contributed by atoms with Crippen molar-refractivity contribution >= 4 is 39.3 Å². The zero-order valence-electron chi connectivity index (χ0n) is 22.2. The number of rotatable bonds is 10. The van der Waals surface area contributed by atoms with Crippen LogP contribution in [0.3, 0.4) is 0 Å². The number of hydrogen-bond donors (Lipinski definition) is 3. The molecule has 1 fully saturated rings. The molecule has 0 bridgehead atoms. The molecular weight excluding hydrogens is 561 g/mol. The number of nitrogens with zero attached hydrogens (tertiary/aromatic N) is 2. The fraction of sp³-hybridized carbons (Fsp3) is 0.440. The molecule has 3 N–H and O–H groups in total. The molecular formula is C25H32F5N5O2S2. The summed E-state index contributed by atoms with van der Waals surface area (Å²) >= 11 is 1.24. The maximum Gasteiger partial charge on any atom is 0.330 e. The highest BCUT2D eigenvalue weighted by atomic mass is 32.2. The van der Waals surface area contributed by atoms with Gasteiger partial charge in [0.15, 0.2) is 16.8 Å². The fourth-order valence-electron chi connectivity index (χ4n) is 3.47. The van der Waals surface area contributed by atoms with Crippen LogP contribution in [-0.4, -0.2) is 45.0 Å². The van der Waals surface area contributed by atoms with Crippen LogP contribution in [0.1, 0.15) is 45.4 Å². The Labute approximate surface area is 231 Å². The molecule has 0 spiro atoms. The molecule has 2 heterocycles. The molecule has 1 aliphatic heterocycles. The van der Waals surface area contributed by atoms with E-state index in [1.807, 2.05) is 18.6 Å². The highest BCUT2D eigenvalue weighted by Gasteiger charge is 2.36. The number of benzene rings is 1. The summed E-state index contributed by atoms with van der Waals surface area (Å²) in [5.41, 5.74) is 0.0734. The highest BCUT2D eigenvalue weighted by Crippen LogP contribution is 2.37. The zero-order valence-corrected chi connectivity index (χ0v) is 23.8. The van der Waals surface area contributed by atoms with Crippen LogP contribution in [0.2, 0.25) is 0 Å². The van der Waals surface area contributed by atoms with Gasteiger partial charge < -0.3 is 15.4 Å². The summed E-state index contributed by atoms with van der Waals surface area (Å²) in [6.45, 7) is 12.6. The lowest BCUT2D eigenvalue weighted by Gasteiger charge is -2.30. The maximum atomic E-state index is 14.8. The van der Waals surface area contributed by atoms with Crippen LogP contribution in [0.25, 0.3) is 4.91 Å². The van der Waals surface area contributed by atoms with Crippen LogP contribution in [-0.2, 0) is 11.0 Å². The van der Waals surface area contributed by atoms with E-state index < -0.39 is 34.5 Å². The van der Waals surface area contributed by atoms with E-state index in [0.717, 1.165) is 6.07 Å². The molecule has 2 unspecified atom stereocenters. The van der Waals surface area contributed by atoms with E-state index in [9.17, 15) is 26.2 Å². The van der Waals surface area contributed by atoms with Gasteiger partial charge in [-0.2, -0.15) is 8.78 Å². The topological polar surface area (TPSA) is 88.2 Å². The summed E-state index contributed by atoms with van der Waals surface area (Å²) in [6.07, 6.45) is 1.11. The van der Waals surface area contributed by atoms with Gasteiger partial charge in [-0.3, -0.25) is 4.72 Å². The van der Waals surface area contributed by atoms with Gasteiger partial charge in [0.05, 0.1) is 22.8 Å². The molecule has 2 atom stereocenters. The summed E-state index contributed by atoms with van der Waals surface area (Å²) in [6, 6.07) is 3.54. The number of thioether (sulfide) groups is 1. The van der Waals surface area contributed by atoms with Crippen LogP contribution in [0.5, 0.6) is 5.75 Å². The van der Waals surface area contributed by atoms with Gasteiger partial charge in [0.2, 0.25) is 5.95 Å². The van der Waals surface area contributed by atoms with E-state index in [1.54, 1.807) is 19.9 Å². The Hall–Kier alpha value is -2.71. The normalized spacial score (nSPS) is 17.9. The minimum atomic E-state index is -3.18. The Morgan fingerprint density at radius 2 is 1.97 bits per heavy atom. The average molecular weight is 594 g/mol. The van der Waals surface area contributed by atoms with Crippen LogP contribution in [0.4, 0.5) is 33.6 Å². The lowest BCUT2D eigenvalue weighted by atomic mass is 10.0. The molecule has 7 nitrogen and oxygen atoms in total. The number of nitrogens with one attached hydrogen (secondary N) is 3. The van der Waals surface area contributed by atoms with Gasteiger partial charge in [-0.25, -0.2) is 27.3 Å². The second kappa shape index (κ2) is 14.6. The second-order valence-corrected chi connectivity index (χ2v) is 10.8. The molecule has 39 heavy (non-hydrogen) atoms. The molecule has 1 aliphatic rings. The molecule has 1 aromatic carbocycles. The molecule has 14 heteroatoms. The first-order chi connectivity index (χ1) is 18.4. The Balaban J connectivity index is 0.00000260. The third-order valence-electron chi connectivity index (χ3n) is 5.11. The van der Waals surface area contributed by atoms with Crippen molar-refractivity contribution in [2.75, 3.05) is 23.1 Å². The number of piperidine rings is 1. The SMILES string of the molecule is C=C(C)S/C(=C(\C)Oc1ccc(NS(=O)C(F)F)c(F)c1C)c1ccnc(NC2CNCC(F)(F)C2)n1.CC. The Bertz CT molecular complexity index is 1210. The predicted molar refractivity (Wildman–Crippen MR) is 148 cm³/mol.